The SMILES string of the molecule is CC(C)(O)CN[C@H]1CCSC1. The van der Waals surface area contributed by atoms with Crippen LogP contribution in [-0.4, -0.2) is 34.8 Å². The summed E-state index contributed by atoms with van der Waals surface area (Å²) in [5.41, 5.74) is -0.562. The second-order valence-corrected chi connectivity index (χ2v) is 4.90. The van der Waals surface area contributed by atoms with Gasteiger partial charge in [0, 0.05) is 18.3 Å². The Bertz CT molecular complexity index is 116. The zero-order valence-corrected chi connectivity index (χ0v) is 8.08. The van der Waals surface area contributed by atoms with Gasteiger partial charge in [-0.2, -0.15) is 11.8 Å². The maximum atomic E-state index is 9.41. The number of rotatable bonds is 3. The summed E-state index contributed by atoms with van der Waals surface area (Å²) in [5, 5.41) is 12.8. The van der Waals surface area contributed by atoms with Crippen LogP contribution in [0.2, 0.25) is 0 Å². The Hall–Kier alpha value is 0.270. The lowest BCUT2D eigenvalue weighted by Gasteiger charge is -2.20. The van der Waals surface area contributed by atoms with E-state index in [9.17, 15) is 5.11 Å². The number of hydrogen-bond donors (Lipinski definition) is 2. The normalized spacial score (nSPS) is 25.9. The highest BCUT2D eigenvalue weighted by Gasteiger charge is 2.18. The molecule has 3 heteroatoms. The average Bonchev–Trinajstić information content (AvgIpc) is 2.32. The first-order valence-corrected chi connectivity index (χ1v) is 5.27. The summed E-state index contributed by atoms with van der Waals surface area (Å²) in [6.07, 6.45) is 1.25. The van der Waals surface area contributed by atoms with Crippen molar-refractivity contribution in [1.29, 1.82) is 0 Å². The second-order valence-electron chi connectivity index (χ2n) is 3.75. The van der Waals surface area contributed by atoms with E-state index in [1.807, 2.05) is 25.6 Å². The first-order valence-electron chi connectivity index (χ1n) is 4.11. The minimum Gasteiger partial charge on any atom is -0.389 e. The third-order valence-electron chi connectivity index (χ3n) is 1.75. The topological polar surface area (TPSA) is 32.3 Å². The highest BCUT2D eigenvalue weighted by molar-refractivity contribution is 7.99. The van der Waals surface area contributed by atoms with Crippen LogP contribution in [0.3, 0.4) is 0 Å². The first kappa shape index (κ1) is 9.36. The van der Waals surface area contributed by atoms with E-state index in [0.29, 0.717) is 12.6 Å². The maximum absolute atomic E-state index is 9.41. The van der Waals surface area contributed by atoms with Gasteiger partial charge in [0.15, 0.2) is 0 Å². The lowest BCUT2D eigenvalue weighted by molar-refractivity contribution is 0.0773. The van der Waals surface area contributed by atoms with Crippen molar-refractivity contribution in [2.75, 3.05) is 18.1 Å². The molecule has 0 aromatic rings. The predicted molar refractivity (Wildman–Crippen MR) is 50.0 cm³/mol. The van der Waals surface area contributed by atoms with E-state index in [2.05, 4.69) is 5.32 Å². The van der Waals surface area contributed by atoms with Gasteiger partial charge >= 0.3 is 0 Å². The van der Waals surface area contributed by atoms with Gasteiger partial charge in [-0.05, 0) is 26.0 Å². The van der Waals surface area contributed by atoms with Gasteiger partial charge in [-0.25, -0.2) is 0 Å². The second kappa shape index (κ2) is 3.78. The number of thioether (sulfide) groups is 1. The molecule has 0 radical (unpaired) electrons. The Kier molecular flexibility index (Phi) is 3.22. The van der Waals surface area contributed by atoms with Crippen LogP contribution in [0.4, 0.5) is 0 Å². The van der Waals surface area contributed by atoms with Crippen LogP contribution >= 0.6 is 11.8 Å². The van der Waals surface area contributed by atoms with Crippen LogP contribution < -0.4 is 5.32 Å². The Morgan fingerprint density at radius 1 is 1.64 bits per heavy atom. The van der Waals surface area contributed by atoms with E-state index >= 15 is 0 Å². The van der Waals surface area contributed by atoms with Crippen molar-refractivity contribution in [2.24, 2.45) is 0 Å². The van der Waals surface area contributed by atoms with Gasteiger partial charge in [0.25, 0.3) is 0 Å². The Morgan fingerprint density at radius 3 is 2.82 bits per heavy atom. The van der Waals surface area contributed by atoms with Gasteiger partial charge in [-0.3, -0.25) is 0 Å². The summed E-state index contributed by atoms with van der Waals surface area (Å²) in [7, 11) is 0. The molecule has 0 amide bonds. The van der Waals surface area contributed by atoms with E-state index in [4.69, 9.17) is 0 Å². The Balaban J connectivity index is 2.11. The molecule has 0 spiro atoms. The first-order chi connectivity index (χ1) is 5.08. The molecule has 66 valence electrons. The molecule has 1 rings (SSSR count). The summed E-state index contributed by atoms with van der Waals surface area (Å²) < 4.78 is 0. The van der Waals surface area contributed by atoms with Gasteiger partial charge in [0.1, 0.15) is 0 Å². The molecule has 1 fully saturated rings. The van der Waals surface area contributed by atoms with Crippen LogP contribution in [-0.2, 0) is 0 Å². The van der Waals surface area contributed by atoms with Crippen LogP contribution in [0.5, 0.6) is 0 Å². The lowest BCUT2D eigenvalue weighted by atomic mass is 10.1. The monoisotopic (exact) mass is 175 g/mol. The molecule has 0 bridgehead atoms. The molecule has 0 saturated carbocycles. The molecular formula is C8H17NOS. The maximum Gasteiger partial charge on any atom is 0.0715 e. The molecule has 0 aromatic heterocycles. The molecular weight excluding hydrogens is 158 g/mol. The third kappa shape index (κ3) is 3.99. The fraction of sp³-hybridized carbons (Fsp3) is 1.00. The van der Waals surface area contributed by atoms with Crippen molar-refractivity contribution in [3.63, 3.8) is 0 Å². The summed E-state index contributed by atoms with van der Waals surface area (Å²) >= 11 is 1.99. The summed E-state index contributed by atoms with van der Waals surface area (Å²) in [6, 6.07) is 0.631. The van der Waals surface area contributed by atoms with Crippen molar-refractivity contribution in [2.45, 2.75) is 31.9 Å². The van der Waals surface area contributed by atoms with Crippen LogP contribution in [0, 0.1) is 0 Å². The van der Waals surface area contributed by atoms with Crippen LogP contribution in [0.1, 0.15) is 20.3 Å². The fourth-order valence-corrected chi connectivity index (χ4v) is 2.28. The molecule has 1 aliphatic rings. The highest BCUT2D eigenvalue weighted by Crippen LogP contribution is 2.17. The Labute approximate surface area is 72.8 Å². The van der Waals surface area contributed by atoms with Crippen molar-refractivity contribution in [3.8, 4) is 0 Å². The minimum atomic E-state index is -0.562. The van der Waals surface area contributed by atoms with Crippen LogP contribution in [0.15, 0.2) is 0 Å². The van der Waals surface area contributed by atoms with Gasteiger partial charge < -0.3 is 10.4 Å². The van der Waals surface area contributed by atoms with E-state index in [1.54, 1.807) is 0 Å². The van der Waals surface area contributed by atoms with Crippen LogP contribution in [0.25, 0.3) is 0 Å². The highest BCUT2D eigenvalue weighted by atomic mass is 32.2. The molecule has 1 saturated heterocycles. The molecule has 0 unspecified atom stereocenters. The van der Waals surface area contributed by atoms with Gasteiger partial charge in [-0.15, -0.1) is 0 Å². The molecule has 1 atom stereocenters. The fourth-order valence-electron chi connectivity index (χ4n) is 1.09. The van der Waals surface area contributed by atoms with Gasteiger partial charge in [-0.1, -0.05) is 0 Å². The molecule has 2 nitrogen and oxygen atoms in total. The largest absolute Gasteiger partial charge is 0.389 e. The van der Waals surface area contributed by atoms with Crippen molar-refractivity contribution >= 4 is 11.8 Å². The number of aliphatic hydroxyl groups is 1. The van der Waals surface area contributed by atoms with Gasteiger partial charge in [0.2, 0.25) is 0 Å². The molecule has 2 N–H and O–H groups in total. The summed E-state index contributed by atoms with van der Waals surface area (Å²) in [6.45, 7) is 4.38. The number of hydrogen-bond acceptors (Lipinski definition) is 3. The van der Waals surface area contributed by atoms with Crippen molar-refractivity contribution in [3.05, 3.63) is 0 Å². The summed E-state index contributed by atoms with van der Waals surface area (Å²) in [4.78, 5) is 0. The van der Waals surface area contributed by atoms with Gasteiger partial charge in [0.05, 0.1) is 5.60 Å². The van der Waals surface area contributed by atoms with Crippen molar-refractivity contribution in [1.82, 2.24) is 5.32 Å². The van der Waals surface area contributed by atoms with Crippen molar-refractivity contribution < 1.29 is 5.11 Å². The molecule has 1 heterocycles. The zero-order chi connectivity index (χ0) is 8.32. The van der Waals surface area contributed by atoms with E-state index in [0.717, 1.165) is 0 Å². The molecule has 1 aliphatic heterocycles. The minimum absolute atomic E-state index is 0.562. The Morgan fingerprint density at radius 2 is 2.36 bits per heavy atom. The lowest BCUT2D eigenvalue weighted by Crippen LogP contribution is -2.40. The molecule has 0 aliphatic carbocycles. The van der Waals surface area contributed by atoms with E-state index < -0.39 is 5.60 Å². The zero-order valence-electron chi connectivity index (χ0n) is 7.26. The molecule has 11 heavy (non-hydrogen) atoms. The average molecular weight is 175 g/mol. The quantitative estimate of drug-likeness (QED) is 0.667. The third-order valence-corrected chi connectivity index (χ3v) is 2.92. The predicted octanol–water partition coefficient (Wildman–Crippen LogP) is 0.852. The summed E-state index contributed by atoms with van der Waals surface area (Å²) in [5.74, 6) is 2.47. The van der Waals surface area contributed by atoms with E-state index in [1.165, 1.54) is 17.9 Å². The smallest absolute Gasteiger partial charge is 0.0715 e. The van der Waals surface area contributed by atoms with E-state index in [-0.39, 0.29) is 0 Å². The standard InChI is InChI=1S/C8H17NOS/c1-8(2,10)6-9-7-3-4-11-5-7/h7,9-10H,3-6H2,1-2H3/t7-/m0/s1. The number of nitrogens with one attached hydrogen (secondary N) is 1. The molecule has 0 aromatic carbocycles.